The number of hydrogen-bond acceptors (Lipinski definition) is 3. The molecule has 0 bridgehead atoms. The van der Waals surface area contributed by atoms with Crippen molar-refractivity contribution in [1.82, 2.24) is 0 Å². The lowest BCUT2D eigenvalue weighted by molar-refractivity contribution is 0.0692. The van der Waals surface area contributed by atoms with Gasteiger partial charge in [0.15, 0.2) is 6.29 Å². The Labute approximate surface area is 72.2 Å². The lowest BCUT2D eigenvalue weighted by Gasteiger charge is -2.00. The summed E-state index contributed by atoms with van der Waals surface area (Å²) in [5.74, 6) is -3.05. The number of phenols is 1. The van der Waals surface area contributed by atoms with E-state index in [9.17, 15) is 14.0 Å². The van der Waals surface area contributed by atoms with E-state index < -0.39 is 23.1 Å². The van der Waals surface area contributed by atoms with Gasteiger partial charge in [-0.2, -0.15) is 0 Å². The molecule has 0 unspecified atom stereocenters. The Morgan fingerprint density at radius 2 is 2.08 bits per heavy atom. The summed E-state index contributed by atoms with van der Waals surface area (Å²) in [7, 11) is 0. The highest BCUT2D eigenvalue weighted by atomic mass is 19.1. The van der Waals surface area contributed by atoms with Crippen LogP contribution in [-0.2, 0) is 0 Å². The molecule has 1 aromatic rings. The van der Waals surface area contributed by atoms with Gasteiger partial charge in [-0.1, -0.05) is 0 Å². The third kappa shape index (κ3) is 1.64. The van der Waals surface area contributed by atoms with Gasteiger partial charge in [0.05, 0.1) is 5.56 Å². The fourth-order valence-corrected chi connectivity index (χ4v) is 0.840. The molecular formula is C8H5FO4. The van der Waals surface area contributed by atoms with E-state index in [0.29, 0.717) is 6.07 Å². The van der Waals surface area contributed by atoms with Crippen molar-refractivity contribution in [3.8, 4) is 5.75 Å². The average molecular weight is 184 g/mol. The summed E-state index contributed by atoms with van der Waals surface area (Å²) >= 11 is 0. The van der Waals surface area contributed by atoms with Gasteiger partial charge in [0.2, 0.25) is 0 Å². The summed E-state index contributed by atoms with van der Waals surface area (Å²) in [4.78, 5) is 20.5. The monoisotopic (exact) mass is 184 g/mol. The summed E-state index contributed by atoms with van der Waals surface area (Å²) in [5, 5.41) is 17.4. The first-order valence-electron chi connectivity index (χ1n) is 3.27. The minimum Gasteiger partial charge on any atom is -0.507 e. The van der Waals surface area contributed by atoms with E-state index in [1.165, 1.54) is 0 Å². The number of carbonyl (C=O) groups excluding carboxylic acids is 1. The summed E-state index contributed by atoms with van der Waals surface area (Å²) < 4.78 is 12.8. The molecule has 0 spiro atoms. The van der Waals surface area contributed by atoms with Crippen LogP contribution in [0.3, 0.4) is 0 Å². The number of halogens is 1. The largest absolute Gasteiger partial charge is 0.507 e. The molecule has 0 saturated carbocycles. The second-order valence-corrected chi connectivity index (χ2v) is 2.31. The number of carboxylic acid groups (broad SMARTS) is 1. The highest BCUT2D eigenvalue weighted by Crippen LogP contribution is 2.20. The molecule has 0 heterocycles. The van der Waals surface area contributed by atoms with E-state index in [0.717, 1.165) is 6.07 Å². The molecule has 0 aromatic heterocycles. The van der Waals surface area contributed by atoms with Crippen molar-refractivity contribution in [3.63, 3.8) is 0 Å². The third-order valence-electron chi connectivity index (χ3n) is 1.47. The maximum absolute atomic E-state index is 12.8. The molecule has 0 aliphatic heterocycles. The molecule has 0 aliphatic rings. The van der Waals surface area contributed by atoms with Crippen LogP contribution in [0.4, 0.5) is 4.39 Å². The summed E-state index contributed by atoms with van der Waals surface area (Å²) in [6.45, 7) is 0. The first-order chi connectivity index (χ1) is 6.06. The van der Waals surface area contributed by atoms with Crippen molar-refractivity contribution in [2.24, 2.45) is 0 Å². The second kappa shape index (κ2) is 3.22. The highest BCUT2D eigenvalue weighted by molar-refractivity contribution is 5.92. The predicted molar refractivity (Wildman–Crippen MR) is 40.4 cm³/mol. The average Bonchev–Trinajstić information content (AvgIpc) is 2.07. The van der Waals surface area contributed by atoms with Gasteiger partial charge in [0.1, 0.15) is 17.1 Å². The van der Waals surface area contributed by atoms with Crippen molar-refractivity contribution < 1.29 is 24.2 Å². The maximum Gasteiger partial charge on any atom is 0.339 e. The van der Waals surface area contributed by atoms with Crippen molar-refractivity contribution in [3.05, 3.63) is 29.1 Å². The minimum absolute atomic E-state index is 0.195. The Kier molecular flexibility index (Phi) is 2.27. The molecule has 0 saturated heterocycles. The SMILES string of the molecule is O=Cc1cc(O)c(C(=O)O)cc1F. The Balaban J connectivity index is 3.36. The van der Waals surface area contributed by atoms with Gasteiger partial charge in [0, 0.05) is 0 Å². The number of aromatic carboxylic acids is 1. The zero-order valence-electron chi connectivity index (χ0n) is 6.32. The van der Waals surface area contributed by atoms with Gasteiger partial charge in [-0.25, -0.2) is 9.18 Å². The van der Waals surface area contributed by atoms with Gasteiger partial charge in [-0.3, -0.25) is 4.79 Å². The Hall–Kier alpha value is -1.91. The van der Waals surface area contributed by atoms with Crippen LogP contribution in [0.1, 0.15) is 20.7 Å². The smallest absolute Gasteiger partial charge is 0.339 e. The summed E-state index contributed by atoms with van der Waals surface area (Å²) in [6.07, 6.45) is 0.195. The van der Waals surface area contributed by atoms with Crippen LogP contribution in [0.25, 0.3) is 0 Å². The van der Waals surface area contributed by atoms with Crippen LogP contribution in [0, 0.1) is 5.82 Å². The summed E-state index contributed by atoms with van der Waals surface area (Å²) in [6, 6.07) is 1.37. The number of aldehydes is 1. The molecule has 2 N–H and O–H groups in total. The van der Waals surface area contributed by atoms with Gasteiger partial charge in [-0.05, 0) is 12.1 Å². The number of aromatic hydroxyl groups is 1. The number of carbonyl (C=O) groups is 2. The van der Waals surface area contributed by atoms with E-state index in [2.05, 4.69) is 0 Å². The normalized spacial score (nSPS) is 9.62. The Morgan fingerprint density at radius 3 is 2.54 bits per heavy atom. The van der Waals surface area contributed by atoms with E-state index in [4.69, 9.17) is 10.2 Å². The molecule has 0 atom stereocenters. The molecule has 0 amide bonds. The first-order valence-corrected chi connectivity index (χ1v) is 3.27. The zero-order valence-corrected chi connectivity index (χ0v) is 6.32. The summed E-state index contributed by atoms with van der Waals surface area (Å²) in [5.41, 5.74) is -0.939. The molecule has 13 heavy (non-hydrogen) atoms. The Bertz CT molecular complexity index is 373. The van der Waals surface area contributed by atoms with E-state index in [-0.39, 0.29) is 11.8 Å². The second-order valence-electron chi connectivity index (χ2n) is 2.31. The van der Waals surface area contributed by atoms with Gasteiger partial charge < -0.3 is 10.2 Å². The Morgan fingerprint density at radius 1 is 1.46 bits per heavy atom. The lowest BCUT2D eigenvalue weighted by atomic mass is 10.1. The molecule has 1 aromatic carbocycles. The minimum atomic E-state index is -1.45. The molecule has 68 valence electrons. The standard InChI is InChI=1S/C8H5FO4/c9-6-2-5(8(12)13)7(11)1-4(6)3-10/h1-3,11H,(H,12,13). The van der Waals surface area contributed by atoms with Gasteiger partial charge in [0.25, 0.3) is 0 Å². The fourth-order valence-electron chi connectivity index (χ4n) is 0.840. The van der Waals surface area contributed by atoms with Gasteiger partial charge >= 0.3 is 5.97 Å². The van der Waals surface area contributed by atoms with Crippen molar-refractivity contribution in [1.29, 1.82) is 0 Å². The molecular weight excluding hydrogens is 179 g/mol. The zero-order chi connectivity index (χ0) is 10.0. The van der Waals surface area contributed by atoms with Gasteiger partial charge in [-0.15, -0.1) is 0 Å². The molecule has 4 nitrogen and oxygen atoms in total. The lowest BCUT2D eigenvalue weighted by Crippen LogP contribution is -1.99. The van der Waals surface area contributed by atoms with E-state index >= 15 is 0 Å². The van der Waals surface area contributed by atoms with Crippen molar-refractivity contribution in [2.75, 3.05) is 0 Å². The maximum atomic E-state index is 12.8. The van der Waals surface area contributed by atoms with E-state index in [1.807, 2.05) is 0 Å². The number of rotatable bonds is 2. The molecule has 0 fully saturated rings. The molecule has 5 heteroatoms. The van der Waals surface area contributed by atoms with Crippen LogP contribution in [0.15, 0.2) is 12.1 Å². The van der Waals surface area contributed by atoms with Crippen molar-refractivity contribution in [2.45, 2.75) is 0 Å². The predicted octanol–water partition coefficient (Wildman–Crippen LogP) is 1.04. The first kappa shape index (κ1) is 9.18. The highest BCUT2D eigenvalue weighted by Gasteiger charge is 2.13. The topological polar surface area (TPSA) is 74.6 Å². The van der Waals surface area contributed by atoms with Crippen LogP contribution in [-0.4, -0.2) is 22.5 Å². The quantitative estimate of drug-likeness (QED) is 0.673. The molecule has 1 rings (SSSR count). The van der Waals surface area contributed by atoms with Crippen LogP contribution >= 0.6 is 0 Å². The van der Waals surface area contributed by atoms with Crippen molar-refractivity contribution >= 4 is 12.3 Å². The molecule has 0 aliphatic carbocycles. The third-order valence-corrected chi connectivity index (χ3v) is 1.47. The number of carboxylic acids is 1. The fraction of sp³-hybridized carbons (Fsp3) is 0. The van der Waals surface area contributed by atoms with Crippen LogP contribution < -0.4 is 0 Å². The number of benzene rings is 1. The molecule has 0 radical (unpaired) electrons. The van der Waals surface area contributed by atoms with E-state index in [1.54, 1.807) is 0 Å². The van der Waals surface area contributed by atoms with Crippen LogP contribution in [0.5, 0.6) is 5.75 Å². The van der Waals surface area contributed by atoms with Crippen LogP contribution in [0.2, 0.25) is 0 Å². The number of hydrogen-bond donors (Lipinski definition) is 2.